The molecule has 1 heterocycles. The molecule has 0 atom stereocenters. The van der Waals surface area contributed by atoms with Crippen molar-refractivity contribution in [2.45, 2.75) is 4.90 Å². The van der Waals surface area contributed by atoms with Crippen molar-refractivity contribution >= 4 is 21.4 Å². The van der Waals surface area contributed by atoms with Crippen LogP contribution in [-0.4, -0.2) is 24.5 Å². The summed E-state index contributed by atoms with van der Waals surface area (Å²) >= 11 is 5.86. The highest BCUT2D eigenvalue weighted by molar-refractivity contribution is 7.90. The lowest BCUT2D eigenvalue weighted by Gasteiger charge is -2.13. The van der Waals surface area contributed by atoms with E-state index >= 15 is 0 Å². The van der Waals surface area contributed by atoms with Crippen LogP contribution in [0.25, 0.3) is 27.9 Å². The molecule has 0 amide bonds. The van der Waals surface area contributed by atoms with E-state index in [9.17, 15) is 22.0 Å². The Morgan fingerprint density at radius 3 is 2.12 bits per heavy atom. The van der Waals surface area contributed by atoms with Crippen molar-refractivity contribution in [3.63, 3.8) is 0 Å². The van der Waals surface area contributed by atoms with Crippen LogP contribution in [0.15, 0.2) is 82.6 Å². The summed E-state index contributed by atoms with van der Waals surface area (Å²) in [7, 11) is -3.39. The number of hydrogen-bond acceptors (Lipinski definition) is 4. The van der Waals surface area contributed by atoms with Crippen molar-refractivity contribution in [2.75, 3.05) is 6.26 Å². The molecule has 32 heavy (non-hydrogen) atoms. The number of sulfone groups is 1. The van der Waals surface area contributed by atoms with Gasteiger partial charge in [0.25, 0.3) is 5.56 Å². The molecule has 0 spiro atoms. The second kappa shape index (κ2) is 8.29. The van der Waals surface area contributed by atoms with Crippen LogP contribution in [0.4, 0.5) is 8.78 Å². The van der Waals surface area contributed by atoms with Gasteiger partial charge >= 0.3 is 0 Å². The Hall–Kier alpha value is -3.36. The van der Waals surface area contributed by atoms with Gasteiger partial charge < -0.3 is 0 Å². The predicted molar refractivity (Wildman–Crippen MR) is 119 cm³/mol. The first-order chi connectivity index (χ1) is 15.1. The first-order valence-electron chi connectivity index (χ1n) is 9.29. The molecule has 4 aromatic rings. The smallest absolute Gasteiger partial charge is 0.267 e. The Bertz CT molecular complexity index is 1480. The summed E-state index contributed by atoms with van der Waals surface area (Å²) in [5, 5.41) is 4.03. The minimum absolute atomic E-state index is 0.131. The Morgan fingerprint density at radius 1 is 0.906 bits per heavy atom. The number of nitrogens with zero attached hydrogens (tertiary/aromatic N) is 2. The van der Waals surface area contributed by atoms with Crippen LogP contribution in [0.2, 0.25) is 5.02 Å². The minimum atomic E-state index is -3.39. The predicted octanol–water partition coefficient (Wildman–Crippen LogP) is 4.90. The normalized spacial score (nSPS) is 11.5. The third kappa shape index (κ3) is 4.19. The maximum atomic E-state index is 13.6. The molecule has 5 nitrogen and oxygen atoms in total. The number of hydrogen-bond donors (Lipinski definition) is 0. The summed E-state index contributed by atoms with van der Waals surface area (Å²) in [4.78, 5) is 13.6. The maximum absolute atomic E-state index is 13.6. The van der Waals surface area contributed by atoms with Gasteiger partial charge in [-0.05, 0) is 53.6 Å². The fourth-order valence-electron chi connectivity index (χ4n) is 3.25. The molecule has 0 fully saturated rings. The van der Waals surface area contributed by atoms with Gasteiger partial charge in [0.15, 0.2) is 9.84 Å². The van der Waals surface area contributed by atoms with E-state index < -0.39 is 27.0 Å². The Labute approximate surface area is 187 Å². The summed E-state index contributed by atoms with van der Waals surface area (Å²) in [5.74, 6) is -1.10. The monoisotopic (exact) mass is 472 g/mol. The number of aromatic nitrogens is 2. The molecule has 0 aliphatic heterocycles. The largest absolute Gasteiger partial charge is 0.279 e. The quantitative estimate of drug-likeness (QED) is 0.423. The first kappa shape index (κ1) is 21.9. The maximum Gasteiger partial charge on any atom is 0.279 e. The molecule has 0 bridgehead atoms. The Kier molecular flexibility index (Phi) is 5.66. The summed E-state index contributed by atoms with van der Waals surface area (Å²) in [6.45, 7) is 0. The van der Waals surface area contributed by atoms with Crippen molar-refractivity contribution < 1.29 is 17.2 Å². The highest BCUT2D eigenvalue weighted by Crippen LogP contribution is 2.30. The fraction of sp³-hybridized carbons (Fsp3) is 0.0435. The lowest BCUT2D eigenvalue weighted by Crippen LogP contribution is -2.23. The van der Waals surface area contributed by atoms with Crippen molar-refractivity contribution in [1.29, 1.82) is 0 Å². The van der Waals surface area contributed by atoms with Gasteiger partial charge in [0, 0.05) is 11.8 Å². The molecule has 0 N–H and O–H groups in total. The highest BCUT2D eigenvalue weighted by Gasteiger charge is 2.18. The van der Waals surface area contributed by atoms with E-state index in [2.05, 4.69) is 5.10 Å². The van der Waals surface area contributed by atoms with E-state index in [4.69, 9.17) is 11.6 Å². The van der Waals surface area contributed by atoms with Gasteiger partial charge in [-0.25, -0.2) is 17.2 Å². The molecular weight excluding hydrogens is 458 g/mol. The molecule has 0 aliphatic rings. The molecule has 0 unspecified atom stereocenters. The lowest BCUT2D eigenvalue weighted by molar-refractivity contribution is 0.602. The van der Waals surface area contributed by atoms with Gasteiger partial charge in [-0.2, -0.15) is 9.78 Å². The molecule has 9 heteroatoms. The fourth-order valence-corrected chi connectivity index (χ4v) is 4.06. The second-order valence-electron chi connectivity index (χ2n) is 7.05. The van der Waals surface area contributed by atoms with Crippen molar-refractivity contribution in [2.24, 2.45) is 0 Å². The molecule has 4 rings (SSSR count). The number of benzene rings is 3. The van der Waals surface area contributed by atoms with Crippen LogP contribution < -0.4 is 5.56 Å². The van der Waals surface area contributed by atoms with Crippen LogP contribution in [0, 0.1) is 11.6 Å². The zero-order chi connectivity index (χ0) is 23.0. The Morgan fingerprint density at radius 2 is 1.53 bits per heavy atom. The van der Waals surface area contributed by atoms with Gasteiger partial charge in [-0.15, -0.1) is 0 Å². The van der Waals surface area contributed by atoms with Crippen LogP contribution in [0.5, 0.6) is 0 Å². The summed E-state index contributed by atoms with van der Waals surface area (Å²) in [6.07, 6.45) is 2.54. The van der Waals surface area contributed by atoms with Gasteiger partial charge in [-0.3, -0.25) is 4.79 Å². The van der Waals surface area contributed by atoms with Crippen molar-refractivity contribution in [3.8, 4) is 27.9 Å². The number of halogens is 3. The third-order valence-electron chi connectivity index (χ3n) is 4.85. The van der Waals surface area contributed by atoms with Gasteiger partial charge in [0.1, 0.15) is 11.6 Å². The van der Waals surface area contributed by atoms with E-state index in [1.807, 2.05) is 0 Å². The summed E-state index contributed by atoms with van der Waals surface area (Å²) < 4.78 is 51.7. The van der Waals surface area contributed by atoms with Crippen LogP contribution >= 0.6 is 11.6 Å². The van der Waals surface area contributed by atoms with Gasteiger partial charge in [0.2, 0.25) is 0 Å². The molecule has 3 aromatic carbocycles. The van der Waals surface area contributed by atoms with Crippen LogP contribution in [0.1, 0.15) is 0 Å². The molecule has 0 aliphatic carbocycles. The molecule has 0 saturated heterocycles. The second-order valence-corrected chi connectivity index (χ2v) is 9.47. The van der Waals surface area contributed by atoms with E-state index in [1.165, 1.54) is 54.7 Å². The summed E-state index contributed by atoms with van der Waals surface area (Å²) in [6, 6.07) is 15.2. The first-order valence-corrected chi connectivity index (χ1v) is 11.6. The average molecular weight is 473 g/mol. The van der Waals surface area contributed by atoms with E-state index in [0.717, 1.165) is 17.0 Å². The molecule has 1 aromatic heterocycles. The zero-order valence-electron chi connectivity index (χ0n) is 16.6. The highest BCUT2D eigenvalue weighted by atomic mass is 35.5. The van der Waals surface area contributed by atoms with E-state index in [-0.39, 0.29) is 21.2 Å². The van der Waals surface area contributed by atoms with Gasteiger partial charge in [-0.1, -0.05) is 35.9 Å². The summed E-state index contributed by atoms with van der Waals surface area (Å²) in [5.41, 5.74) is 1.33. The molecule has 0 radical (unpaired) electrons. The lowest BCUT2D eigenvalue weighted by atomic mass is 9.97. The van der Waals surface area contributed by atoms with Crippen LogP contribution in [-0.2, 0) is 9.84 Å². The Balaban J connectivity index is 1.96. The number of rotatable bonds is 4. The standard InChI is InChI=1S/C23H15ClF2N2O3S/c1-32(30,31)18-9-4-14(5-10-18)19-13-27-28(17-8-11-21(26)20(24)12-17)23(29)22(19)15-2-6-16(25)7-3-15/h2-13H,1H3. The average Bonchev–Trinajstić information content (AvgIpc) is 2.76. The van der Waals surface area contributed by atoms with Crippen LogP contribution in [0.3, 0.4) is 0 Å². The van der Waals surface area contributed by atoms with E-state index in [1.54, 1.807) is 12.1 Å². The van der Waals surface area contributed by atoms with Gasteiger partial charge in [0.05, 0.1) is 27.4 Å². The SMILES string of the molecule is CS(=O)(=O)c1ccc(-c2cnn(-c3ccc(F)c(Cl)c3)c(=O)c2-c2ccc(F)cc2)cc1. The van der Waals surface area contributed by atoms with E-state index in [0.29, 0.717) is 16.7 Å². The zero-order valence-corrected chi connectivity index (χ0v) is 18.2. The molecular formula is C23H15ClF2N2O3S. The van der Waals surface area contributed by atoms with Crippen molar-refractivity contribution in [1.82, 2.24) is 9.78 Å². The minimum Gasteiger partial charge on any atom is -0.267 e. The molecule has 0 saturated carbocycles. The topological polar surface area (TPSA) is 69.0 Å². The molecule has 162 valence electrons. The van der Waals surface area contributed by atoms with Crippen molar-refractivity contribution in [3.05, 3.63) is 99.9 Å². The third-order valence-corrected chi connectivity index (χ3v) is 6.27.